The number of aliphatic hydroxyl groups is 1. The molecule has 23 heavy (non-hydrogen) atoms. The van der Waals surface area contributed by atoms with Crippen molar-refractivity contribution in [3.05, 3.63) is 0 Å². The van der Waals surface area contributed by atoms with Gasteiger partial charge in [0.15, 0.2) is 5.78 Å². The third-order valence-corrected chi connectivity index (χ3v) is 9.11. The number of epoxide rings is 1. The maximum atomic E-state index is 12.1. The van der Waals surface area contributed by atoms with Gasteiger partial charge in [-0.25, -0.2) is 0 Å². The van der Waals surface area contributed by atoms with Gasteiger partial charge in [0.1, 0.15) is 11.7 Å². The van der Waals surface area contributed by atoms with Crippen molar-refractivity contribution in [1.29, 1.82) is 0 Å². The third kappa shape index (κ3) is 1.62. The quantitative estimate of drug-likeness (QED) is 0.697. The van der Waals surface area contributed by atoms with E-state index in [0.29, 0.717) is 29.5 Å². The van der Waals surface area contributed by atoms with Crippen LogP contribution in [0.3, 0.4) is 0 Å². The normalized spacial score (nSPS) is 63.7. The number of ether oxygens (including phenoxy) is 1. The van der Waals surface area contributed by atoms with Gasteiger partial charge < -0.3 is 9.84 Å². The molecule has 0 amide bonds. The lowest BCUT2D eigenvalue weighted by Crippen LogP contribution is -2.57. The minimum Gasteiger partial charge on any atom is -0.390 e. The van der Waals surface area contributed by atoms with Gasteiger partial charge in [0.25, 0.3) is 0 Å². The summed E-state index contributed by atoms with van der Waals surface area (Å²) < 4.78 is 6.08. The van der Waals surface area contributed by atoms with Crippen molar-refractivity contribution in [3.8, 4) is 0 Å². The van der Waals surface area contributed by atoms with Gasteiger partial charge in [-0.2, -0.15) is 0 Å². The van der Waals surface area contributed by atoms with Crippen LogP contribution in [-0.2, 0) is 9.53 Å². The van der Waals surface area contributed by atoms with Crippen molar-refractivity contribution in [3.63, 3.8) is 0 Å². The van der Waals surface area contributed by atoms with Crippen LogP contribution in [0, 0.1) is 35.0 Å². The van der Waals surface area contributed by atoms with Crippen molar-refractivity contribution in [2.45, 2.75) is 83.0 Å². The molecule has 5 fully saturated rings. The fraction of sp³-hybridized carbons (Fsp3) is 0.950. The number of ketones is 1. The molecule has 1 aliphatic heterocycles. The summed E-state index contributed by atoms with van der Waals surface area (Å²) in [6.45, 7) is 6.81. The number of hydrogen-bond acceptors (Lipinski definition) is 3. The first-order valence-corrected chi connectivity index (χ1v) is 9.73. The van der Waals surface area contributed by atoms with Crippen molar-refractivity contribution >= 4 is 5.78 Å². The molecule has 0 aromatic carbocycles. The van der Waals surface area contributed by atoms with Crippen LogP contribution in [0.1, 0.15) is 65.7 Å². The molecule has 4 aliphatic carbocycles. The van der Waals surface area contributed by atoms with Crippen molar-refractivity contribution < 1.29 is 14.6 Å². The van der Waals surface area contributed by atoms with E-state index in [4.69, 9.17) is 4.74 Å². The number of Topliss-reactive ketones (excluding diaryl/α,β-unsaturated/α-hetero) is 1. The number of fused-ring (bicyclic) bond motifs is 4. The maximum Gasteiger partial charge on any atom is 0.164 e. The smallest absolute Gasteiger partial charge is 0.164 e. The lowest BCUT2D eigenvalue weighted by molar-refractivity contribution is -0.138. The van der Waals surface area contributed by atoms with Crippen molar-refractivity contribution in [2.75, 3.05) is 0 Å². The summed E-state index contributed by atoms with van der Waals surface area (Å²) in [5, 5.41) is 11.0. The molecular weight excluding hydrogens is 288 g/mol. The fourth-order valence-corrected chi connectivity index (χ4v) is 7.76. The van der Waals surface area contributed by atoms with E-state index in [1.54, 1.807) is 0 Å². The van der Waals surface area contributed by atoms with Gasteiger partial charge >= 0.3 is 0 Å². The van der Waals surface area contributed by atoms with Crippen LogP contribution in [0.15, 0.2) is 0 Å². The van der Waals surface area contributed by atoms with Crippen LogP contribution in [0.25, 0.3) is 0 Å². The standard InChI is InChI=1S/C20H30O3/c1-11-10-20-13(4-5-15(21)17(20)23-20)12-6-8-18(2)14(16(11)12)7-9-19(18,3)22/h11-14,16-17,22H,4-10H2,1-3H3/t11-,12-,13-,14+,16-,17+,18+,19+,20-/m1/s1. The summed E-state index contributed by atoms with van der Waals surface area (Å²) in [6, 6.07) is 0. The second-order valence-electron chi connectivity index (χ2n) is 9.86. The van der Waals surface area contributed by atoms with E-state index in [2.05, 4.69) is 20.8 Å². The van der Waals surface area contributed by atoms with E-state index >= 15 is 0 Å². The molecule has 1 spiro atoms. The first-order valence-electron chi connectivity index (χ1n) is 9.73. The topological polar surface area (TPSA) is 49.8 Å². The molecule has 1 N–H and O–H groups in total. The van der Waals surface area contributed by atoms with Gasteiger partial charge in [0, 0.05) is 6.42 Å². The summed E-state index contributed by atoms with van der Waals surface area (Å²) in [5.41, 5.74) is -0.495. The third-order valence-electron chi connectivity index (χ3n) is 9.11. The summed E-state index contributed by atoms with van der Waals surface area (Å²) in [7, 11) is 0. The van der Waals surface area contributed by atoms with Gasteiger partial charge in [0.05, 0.1) is 5.60 Å². The molecule has 0 radical (unpaired) electrons. The Balaban J connectivity index is 1.51. The van der Waals surface area contributed by atoms with E-state index in [1.807, 2.05) is 0 Å². The number of carbonyl (C=O) groups excluding carboxylic acids is 1. The molecule has 3 nitrogen and oxygen atoms in total. The molecule has 1 saturated heterocycles. The molecule has 0 aromatic rings. The molecule has 3 heteroatoms. The van der Waals surface area contributed by atoms with Crippen molar-refractivity contribution in [1.82, 2.24) is 0 Å². The summed E-state index contributed by atoms with van der Waals surface area (Å²) in [6.07, 6.45) is 7.28. The Morgan fingerprint density at radius 1 is 1.13 bits per heavy atom. The zero-order valence-electron chi connectivity index (χ0n) is 14.7. The molecule has 5 aliphatic rings. The molecule has 9 atom stereocenters. The van der Waals surface area contributed by atoms with Gasteiger partial charge in [-0.3, -0.25) is 4.79 Å². The Labute approximate surface area is 139 Å². The highest BCUT2D eigenvalue weighted by Gasteiger charge is 2.73. The monoisotopic (exact) mass is 318 g/mol. The summed E-state index contributed by atoms with van der Waals surface area (Å²) >= 11 is 0. The Morgan fingerprint density at radius 2 is 1.91 bits per heavy atom. The molecule has 0 aromatic heterocycles. The Bertz CT molecular complexity index is 569. The molecule has 1 heterocycles. The Morgan fingerprint density at radius 3 is 2.70 bits per heavy atom. The van der Waals surface area contributed by atoms with Crippen LogP contribution in [-0.4, -0.2) is 28.2 Å². The molecule has 0 bridgehead atoms. The number of rotatable bonds is 0. The van der Waals surface area contributed by atoms with Crippen molar-refractivity contribution in [2.24, 2.45) is 35.0 Å². The zero-order valence-corrected chi connectivity index (χ0v) is 14.7. The van der Waals surface area contributed by atoms with Crippen LogP contribution in [0.4, 0.5) is 0 Å². The Hall–Kier alpha value is -0.410. The van der Waals surface area contributed by atoms with E-state index in [1.165, 1.54) is 12.8 Å². The predicted molar refractivity (Wildman–Crippen MR) is 86.8 cm³/mol. The SMILES string of the molecule is C[C@@H]1C[C@]23O[C@H]2C(=O)CC[C@@H]3[C@H]2CC[C@@]3(C)[C@@H](CC[C@]3(C)O)[C@@H]21. The molecule has 128 valence electrons. The molecule has 4 saturated carbocycles. The number of hydrogen-bond donors (Lipinski definition) is 1. The molecule has 0 unspecified atom stereocenters. The van der Waals surface area contributed by atoms with Gasteiger partial charge in [-0.1, -0.05) is 13.8 Å². The number of carbonyl (C=O) groups is 1. The predicted octanol–water partition coefficient (Wildman–Crippen LogP) is 3.34. The van der Waals surface area contributed by atoms with Crippen LogP contribution in [0.2, 0.25) is 0 Å². The highest BCUT2D eigenvalue weighted by atomic mass is 16.6. The maximum absolute atomic E-state index is 12.1. The highest BCUT2D eigenvalue weighted by Crippen LogP contribution is 2.70. The molecular formula is C20H30O3. The van der Waals surface area contributed by atoms with Gasteiger partial charge in [-0.15, -0.1) is 0 Å². The van der Waals surface area contributed by atoms with Crippen LogP contribution in [0.5, 0.6) is 0 Å². The minimum absolute atomic E-state index is 0.0651. The van der Waals surface area contributed by atoms with Gasteiger partial charge in [-0.05, 0) is 80.5 Å². The van der Waals surface area contributed by atoms with E-state index in [0.717, 1.165) is 38.0 Å². The van der Waals surface area contributed by atoms with Crippen LogP contribution >= 0.6 is 0 Å². The second kappa shape index (κ2) is 4.22. The first kappa shape index (κ1) is 14.9. The zero-order chi connectivity index (χ0) is 16.2. The van der Waals surface area contributed by atoms with E-state index in [-0.39, 0.29) is 17.1 Å². The average molecular weight is 318 g/mol. The van der Waals surface area contributed by atoms with Gasteiger partial charge in [0.2, 0.25) is 0 Å². The molecule has 5 rings (SSSR count). The second-order valence-corrected chi connectivity index (χ2v) is 9.86. The highest BCUT2D eigenvalue weighted by molar-refractivity contribution is 5.88. The lowest BCUT2D eigenvalue weighted by atomic mass is 9.47. The van der Waals surface area contributed by atoms with Crippen LogP contribution < -0.4 is 0 Å². The van der Waals surface area contributed by atoms with E-state index in [9.17, 15) is 9.90 Å². The summed E-state index contributed by atoms with van der Waals surface area (Å²) in [4.78, 5) is 12.1. The Kier molecular flexibility index (Phi) is 2.73. The first-order chi connectivity index (χ1) is 10.8. The lowest BCUT2D eigenvalue weighted by Gasteiger charge is -2.58. The summed E-state index contributed by atoms with van der Waals surface area (Å²) in [5.74, 6) is 3.65. The largest absolute Gasteiger partial charge is 0.390 e. The fourth-order valence-electron chi connectivity index (χ4n) is 7.76. The minimum atomic E-state index is -0.501. The van der Waals surface area contributed by atoms with E-state index < -0.39 is 5.60 Å². The average Bonchev–Trinajstić information content (AvgIpc) is 3.15.